The Hall–Kier alpha value is -1.40. The topological polar surface area (TPSA) is 59.4 Å². The Kier molecular flexibility index (Phi) is 3.21. The first-order valence-corrected chi connectivity index (χ1v) is 6.21. The molecule has 0 spiro atoms. The molecule has 0 saturated carbocycles. The average molecular weight is 255 g/mol. The van der Waals surface area contributed by atoms with Crippen molar-refractivity contribution < 1.29 is 14.6 Å². The first-order chi connectivity index (χ1) is 7.66. The lowest BCUT2D eigenvalue weighted by atomic mass is 10.4. The number of ether oxygens (including phenoxy) is 1. The van der Waals surface area contributed by atoms with Crippen LogP contribution in [-0.2, 0) is 6.61 Å². The number of carboxylic acids is 1. The van der Waals surface area contributed by atoms with Crippen LogP contribution in [0.25, 0.3) is 0 Å². The summed E-state index contributed by atoms with van der Waals surface area (Å²) in [7, 11) is 0. The molecule has 0 fully saturated rings. The van der Waals surface area contributed by atoms with E-state index in [0.29, 0.717) is 12.4 Å². The Bertz CT molecular complexity index is 504. The molecule has 0 radical (unpaired) electrons. The number of thiophene rings is 1. The Morgan fingerprint density at radius 3 is 3.06 bits per heavy atom. The van der Waals surface area contributed by atoms with Crippen molar-refractivity contribution >= 4 is 28.6 Å². The molecule has 2 aromatic heterocycles. The minimum atomic E-state index is -0.953. The highest BCUT2D eigenvalue weighted by atomic mass is 32.1. The van der Waals surface area contributed by atoms with Gasteiger partial charge < -0.3 is 9.84 Å². The summed E-state index contributed by atoms with van der Waals surface area (Å²) in [5, 5.41) is 11.6. The Labute approximate surface area is 100 Å². The standard InChI is InChI=1S/C10H9NO3S2/c1-6-11-4-7(16-6)5-14-8-2-3-15-9(8)10(12)13/h2-4H,5H2,1H3,(H,12,13). The number of aromatic carboxylic acids is 1. The van der Waals surface area contributed by atoms with E-state index in [9.17, 15) is 4.79 Å². The van der Waals surface area contributed by atoms with Crippen molar-refractivity contribution in [3.8, 4) is 5.75 Å². The highest BCUT2D eigenvalue weighted by molar-refractivity contribution is 7.12. The minimum Gasteiger partial charge on any atom is -0.486 e. The normalized spacial score (nSPS) is 10.3. The van der Waals surface area contributed by atoms with Crippen LogP contribution in [0.2, 0.25) is 0 Å². The van der Waals surface area contributed by atoms with E-state index in [2.05, 4.69) is 4.98 Å². The number of thiazole rings is 1. The van der Waals surface area contributed by atoms with Crippen LogP contribution in [0, 0.1) is 6.92 Å². The number of rotatable bonds is 4. The van der Waals surface area contributed by atoms with Gasteiger partial charge in [-0.3, -0.25) is 0 Å². The van der Waals surface area contributed by atoms with E-state index in [4.69, 9.17) is 9.84 Å². The van der Waals surface area contributed by atoms with Gasteiger partial charge in [-0.1, -0.05) is 0 Å². The van der Waals surface area contributed by atoms with Crippen LogP contribution in [0.1, 0.15) is 19.6 Å². The summed E-state index contributed by atoms with van der Waals surface area (Å²) in [6.07, 6.45) is 1.74. The van der Waals surface area contributed by atoms with Gasteiger partial charge in [-0.05, 0) is 18.4 Å². The summed E-state index contributed by atoms with van der Waals surface area (Å²) < 4.78 is 5.44. The number of aryl methyl sites for hydroxylation is 1. The van der Waals surface area contributed by atoms with Crippen molar-refractivity contribution in [3.63, 3.8) is 0 Å². The average Bonchev–Trinajstić information content (AvgIpc) is 2.83. The van der Waals surface area contributed by atoms with E-state index in [1.165, 1.54) is 0 Å². The minimum absolute atomic E-state index is 0.237. The largest absolute Gasteiger partial charge is 0.486 e. The van der Waals surface area contributed by atoms with E-state index in [1.54, 1.807) is 29.0 Å². The molecular formula is C10H9NO3S2. The van der Waals surface area contributed by atoms with Crippen molar-refractivity contribution in [2.24, 2.45) is 0 Å². The molecule has 0 aliphatic heterocycles. The van der Waals surface area contributed by atoms with Crippen molar-refractivity contribution in [1.82, 2.24) is 4.98 Å². The molecule has 0 bridgehead atoms. The predicted molar refractivity (Wildman–Crippen MR) is 62.5 cm³/mol. The van der Waals surface area contributed by atoms with Crippen LogP contribution < -0.4 is 4.74 Å². The molecule has 4 nitrogen and oxygen atoms in total. The number of carboxylic acid groups (broad SMARTS) is 1. The molecule has 2 heterocycles. The SMILES string of the molecule is Cc1ncc(COc2ccsc2C(=O)O)s1. The van der Waals surface area contributed by atoms with Crippen molar-refractivity contribution in [2.45, 2.75) is 13.5 Å². The maximum absolute atomic E-state index is 10.8. The molecule has 2 rings (SSSR count). The van der Waals surface area contributed by atoms with E-state index in [-0.39, 0.29) is 4.88 Å². The summed E-state index contributed by atoms with van der Waals surface area (Å²) in [5.74, 6) is -0.533. The fourth-order valence-electron chi connectivity index (χ4n) is 1.19. The van der Waals surface area contributed by atoms with Crippen molar-refractivity contribution in [1.29, 1.82) is 0 Å². The monoisotopic (exact) mass is 255 g/mol. The zero-order valence-electron chi connectivity index (χ0n) is 8.47. The summed E-state index contributed by atoms with van der Waals surface area (Å²) in [4.78, 5) is 16.1. The van der Waals surface area contributed by atoms with Crippen molar-refractivity contribution in [2.75, 3.05) is 0 Å². The second-order valence-electron chi connectivity index (χ2n) is 3.05. The third-order valence-corrected chi connectivity index (χ3v) is 3.63. The summed E-state index contributed by atoms with van der Waals surface area (Å²) >= 11 is 2.70. The van der Waals surface area contributed by atoms with Crippen LogP contribution in [0.15, 0.2) is 17.6 Å². The second-order valence-corrected chi connectivity index (χ2v) is 5.29. The molecule has 0 aromatic carbocycles. The van der Waals surface area contributed by atoms with E-state index >= 15 is 0 Å². The molecule has 84 valence electrons. The maximum Gasteiger partial charge on any atom is 0.349 e. The molecule has 6 heteroatoms. The van der Waals surface area contributed by atoms with E-state index in [1.807, 2.05) is 6.92 Å². The fourth-order valence-corrected chi connectivity index (χ4v) is 2.57. The number of aromatic nitrogens is 1. The lowest BCUT2D eigenvalue weighted by Crippen LogP contribution is -1.98. The molecule has 1 N–H and O–H groups in total. The van der Waals surface area contributed by atoms with Crippen LogP contribution in [-0.4, -0.2) is 16.1 Å². The Balaban J connectivity index is 2.04. The van der Waals surface area contributed by atoms with Gasteiger partial charge in [-0.25, -0.2) is 9.78 Å². The molecular weight excluding hydrogens is 246 g/mol. The Morgan fingerprint density at radius 1 is 1.62 bits per heavy atom. The van der Waals surface area contributed by atoms with Crippen LogP contribution in [0.5, 0.6) is 5.75 Å². The molecule has 0 atom stereocenters. The molecule has 0 unspecified atom stereocenters. The maximum atomic E-state index is 10.8. The molecule has 2 aromatic rings. The third-order valence-electron chi connectivity index (χ3n) is 1.86. The number of hydrogen-bond acceptors (Lipinski definition) is 5. The summed E-state index contributed by atoms with van der Waals surface area (Å²) in [5.41, 5.74) is 0. The van der Waals surface area contributed by atoms with Crippen LogP contribution >= 0.6 is 22.7 Å². The number of hydrogen-bond donors (Lipinski definition) is 1. The number of carbonyl (C=O) groups is 1. The lowest BCUT2D eigenvalue weighted by Gasteiger charge is -2.02. The van der Waals surface area contributed by atoms with E-state index in [0.717, 1.165) is 21.2 Å². The van der Waals surface area contributed by atoms with Gasteiger partial charge >= 0.3 is 5.97 Å². The quantitative estimate of drug-likeness (QED) is 0.912. The van der Waals surface area contributed by atoms with Gasteiger partial charge in [0.1, 0.15) is 12.4 Å². The summed E-state index contributed by atoms with van der Waals surface area (Å²) in [6, 6.07) is 1.67. The van der Waals surface area contributed by atoms with E-state index < -0.39 is 5.97 Å². The fraction of sp³-hybridized carbons (Fsp3) is 0.200. The smallest absolute Gasteiger partial charge is 0.349 e. The van der Waals surface area contributed by atoms with Gasteiger partial charge in [0.05, 0.1) is 9.88 Å². The summed E-state index contributed by atoms with van der Waals surface area (Å²) in [6.45, 7) is 2.28. The number of nitrogens with zero attached hydrogens (tertiary/aromatic N) is 1. The van der Waals surface area contributed by atoms with Gasteiger partial charge in [0.15, 0.2) is 4.88 Å². The molecule has 16 heavy (non-hydrogen) atoms. The molecule has 0 amide bonds. The predicted octanol–water partition coefficient (Wildman–Crippen LogP) is 2.79. The molecule has 0 aliphatic rings. The third kappa shape index (κ3) is 2.40. The van der Waals surface area contributed by atoms with Gasteiger partial charge in [-0.15, -0.1) is 22.7 Å². The van der Waals surface area contributed by atoms with Gasteiger partial charge in [0.25, 0.3) is 0 Å². The van der Waals surface area contributed by atoms with Gasteiger partial charge in [-0.2, -0.15) is 0 Å². The lowest BCUT2D eigenvalue weighted by molar-refractivity contribution is 0.0697. The highest BCUT2D eigenvalue weighted by Crippen LogP contribution is 2.26. The van der Waals surface area contributed by atoms with Crippen molar-refractivity contribution in [3.05, 3.63) is 32.4 Å². The van der Waals surface area contributed by atoms with Gasteiger partial charge in [0, 0.05) is 6.20 Å². The second kappa shape index (κ2) is 4.63. The van der Waals surface area contributed by atoms with Gasteiger partial charge in [0.2, 0.25) is 0 Å². The highest BCUT2D eigenvalue weighted by Gasteiger charge is 2.13. The first-order valence-electron chi connectivity index (χ1n) is 4.51. The zero-order valence-corrected chi connectivity index (χ0v) is 10.1. The van der Waals surface area contributed by atoms with Crippen LogP contribution in [0.4, 0.5) is 0 Å². The van der Waals surface area contributed by atoms with Crippen LogP contribution in [0.3, 0.4) is 0 Å². The molecule has 0 aliphatic carbocycles. The zero-order chi connectivity index (χ0) is 11.5. The Morgan fingerprint density at radius 2 is 2.44 bits per heavy atom. The molecule has 0 saturated heterocycles. The first kappa shape index (κ1) is 11.1.